The van der Waals surface area contributed by atoms with Crippen LogP contribution in [-0.2, 0) is 0 Å². The molecule has 0 bridgehead atoms. The lowest BCUT2D eigenvalue weighted by atomic mass is 9.90. The molecule has 0 aliphatic heterocycles. The second-order valence-corrected chi connectivity index (χ2v) is 2.72. The second-order valence-electron chi connectivity index (χ2n) is 2.72. The molecule has 0 atom stereocenters. The van der Waals surface area contributed by atoms with Crippen LogP contribution in [-0.4, -0.2) is 6.98 Å². The molecular formula is C9H6BF3N-. The largest absolute Gasteiger partial charge is 0.502 e. The van der Waals surface area contributed by atoms with Gasteiger partial charge in [-0.05, 0) is 17.7 Å². The fourth-order valence-corrected chi connectivity index (χ4v) is 0.889. The molecule has 0 heterocycles. The van der Waals surface area contributed by atoms with Crippen molar-refractivity contribution in [2.75, 3.05) is 0 Å². The molecule has 1 aromatic carbocycles. The molecule has 0 radical (unpaired) electrons. The van der Waals surface area contributed by atoms with Crippen molar-refractivity contribution >= 4 is 13.1 Å². The molecular weight excluding hydrogens is 190 g/mol. The van der Waals surface area contributed by atoms with Crippen molar-refractivity contribution in [1.82, 2.24) is 0 Å². The highest BCUT2D eigenvalue weighted by Crippen LogP contribution is 2.13. The zero-order valence-electron chi connectivity index (χ0n) is 7.12. The maximum absolute atomic E-state index is 11.8. The van der Waals surface area contributed by atoms with Crippen LogP contribution in [0.1, 0.15) is 11.1 Å². The van der Waals surface area contributed by atoms with Crippen molar-refractivity contribution in [3.63, 3.8) is 0 Å². The molecule has 0 saturated carbocycles. The van der Waals surface area contributed by atoms with Crippen LogP contribution >= 0.6 is 0 Å². The molecule has 1 aromatic rings. The Kier molecular flexibility index (Phi) is 2.97. The van der Waals surface area contributed by atoms with Crippen molar-refractivity contribution < 1.29 is 12.9 Å². The van der Waals surface area contributed by atoms with Gasteiger partial charge < -0.3 is 12.9 Å². The molecule has 1 rings (SSSR count). The average Bonchev–Trinajstić information content (AvgIpc) is 2.14. The Morgan fingerprint density at radius 3 is 2.14 bits per heavy atom. The van der Waals surface area contributed by atoms with Gasteiger partial charge in [0.25, 0.3) is 0 Å². The third-order valence-corrected chi connectivity index (χ3v) is 1.55. The predicted octanol–water partition coefficient (Wildman–Crippen LogP) is 2.96. The summed E-state index contributed by atoms with van der Waals surface area (Å²) in [6, 6.07) is 7.77. The summed E-state index contributed by atoms with van der Waals surface area (Å²) >= 11 is 0. The molecule has 5 heteroatoms. The molecule has 0 unspecified atom stereocenters. The molecule has 1 nitrogen and oxygen atoms in total. The second kappa shape index (κ2) is 4.01. The van der Waals surface area contributed by atoms with E-state index in [0.717, 1.165) is 6.08 Å². The van der Waals surface area contributed by atoms with Crippen molar-refractivity contribution in [1.29, 1.82) is 5.26 Å². The maximum atomic E-state index is 11.8. The predicted molar refractivity (Wildman–Crippen MR) is 49.3 cm³/mol. The quantitative estimate of drug-likeness (QED) is 0.667. The van der Waals surface area contributed by atoms with E-state index in [9.17, 15) is 12.9 Å². The van der Waals surface area contributed by atoms with Gasteiger partial charge in [0.15, 0.2) is 0 Å². The summed E-state index contributed by atoms with van der Waals surface area (Å²) in [7, 11) is 0. The summed E-state index contributed by atoms with van der Waals surface area (Å²) in [5, 5.41) is 8.44. The Morgan fingerprint density at radius 1 is 1.14 bits per heavy atom. The smallest absolute Gasteiger partial charge is 0.445 e. The lowest BCUT2D eigenvalue weighted by molar-refractivity contribution is 0.499. The first-order valence-corrected chi connectivity index (χ1v) is 3.90. The number of nitrogens with zero attached hydrogens (tertiary/aromatic N) is 1. The number of halogens is 3. The summed E-state index contributed by atoms with van der Waals surface area (Å²) in [5.74, 6) is 0.224. The van der Waals surface area contributed by atoms with E-state index in [0.29, 0.717) is 11.1 Å². The van der Waals surface area contributed by atoms with E-state index in [1.165, 1.54) is 24.3 Å². The first kappa shape index (κ1) is 10.4. The monoisotopic (exact) mass is 196 g/mol. The summed E-state index contributed by atoms with van der Waals surface area (Å²) < 4.78 is 35.4. The zero-order valence-corrected chi connectivity index (χ0v) is 7.12. The highest BCUT2D eigenvalue weighted by atomic mass is 19.4. The highest BCUT2D eigenvalue weighted by Gasteiger charge is 2.16. The molecule has 0 aliphatic rings. The van der Waals surface area contributed by atoms with E-state index in [4.69, 9.17) is 5.26 Å². The molecule has 0 amide bonds. The van der Waals surface area contributed by atoms with Gasteiger partial charge in [0, 0.05) is 0 Å². The highest BCUT2D eigenvalue weighted by molar-refractivity contribution is 6.64. The fraction of sp³-hybridized carbons (Fsp3) is 0. The van der Waals surface area contributed by atoms with Gasteiger partial charge in [-0.3, -0.25) is 0 Å². The van der Waals surface area contributed by atoms with Crippen molar-refractivity contribution in [3.8, 4) is 6.07 Å². The van der Waals surface area contributed by atoms with Gasteiger partial charge in [0.1, 0.15) is 0 Å². The Balaban J connectivity index is 2.80. The summed E-state index contributed by atoms with van der Waals surface area (Å²) in [6.45, 7) is -4.89. The third kappa shape index (κ3) is 3.36. The molecule has 0 saturated heterocycles. The lowest BCUT2D eigenvalue weighted by Gasteiger charge is -2.05. The van der Waals surface area contributed by atoms with Crippen LogP contribution in [0.4, 0.5) is 12.9 Å². The van der Waals surface area contributed by atoms with Gasteiger partial charge in [-0.25, -0.2) is 0 Å². The van der Waals surface area contributed by atoms with E-state index in [1.54, 1.807) is 0 Å². The van der Waals surface area contributed by atoms with Crippen molar-refractivity contribution in [3.05, 3.63) is 41.4 Å². The standard InChI is InChI=1S/C9H6BF3N/c11-10(12,13)6-5-8-1-3-9(7-14)4-2-8/h1-6H/q-1/b6-5+. The van der Waals surface area contributed by atoms with Gasteiger partial charge >= 0.3 is 6.98 Å². The molecule has 14 heavy (non-hydrogen) atoms. The van der Waals surface area contributed by atoms with Crippen LogP contribution in [0.5, 0.6) is 0 Å². The number of hydrogen-bond donors (Lipinski definition) is 0. The summed E-state index contributed by atoms with van der Waals surface area (Å²) in [6.07, 6.45) is 0.987. The average molecular weight is 196 g/mol. The Morgan fingerprint density at radius 2 is 1.71 bits per heavy atom. The van der Waals surface area contributed by atoms with E-state index in [1.807, 2.05) is 6.07 Å². The minimum atomic E-state index is -4.89. The van der Waals surface area contributed by atoms with Crippen LogP contribution in [0, 0.1) is 11.3 Å². The normalized spacial score (nSPS) is 11.6. The minimum Gasteiger partial charge on any atom is -0.445 e. The van der Waals surface area contributed by atoms with Gasteiger partial charge in [-0.2, -0.15) is 5.26 Å². The Bertz CT molecular complexity index is 373. The topological polar surface area (TPSA) is 23.8 Å². The van der Waals surface area contributed by atoms with Gasteiger partial charge in [0.05, 0.1) is 11.6 Å². The SMILES string of the molecule is N#Cc1ccc(/C=C/[B-](F)(F)F)cc1. The number of hydrogen-bond acceptors (Lipinski definition) is 1. The Hall–Kier alpha value is -1.70. The first-order chi connectivity index (χ1) is 6.51. The van der Waals surface area contributed by atoms with Crippen molar-refractivity contribution in [2.45, 2.75) is 0 Å². The number of benzene rings is 1. The maximum Gasteiger partial charge on any atom is 0.502 e. The van der Waals surface area contributed by atoms with Crippen molar-refractivity contribution in [2.24, 2.45) is 0 Å². The van der Waals surface area contributed by atoms with Crippen LogP contribution in [0.15, 0.2) is 30.2 Å². The lowest BCUT2D eigenvalue weighted by Crippen LogP contribution is -2.09. The van der Waals surface area contributed by atoms with Crippen LogP contribution in [0.25, 0.3) is 6.08 Å². The van der Waals surface area contributed by atoms with Crippen LogP contribution in [0.2, 0.25) is 0 Å². The minimum absolute atomic E-state index is 0.224. The zero-order chi connectivity index (χ0) is 10.6. The Labute approximate surface area is 79.5 Å². The molecule has 0 aliphatic carbocycles. The molecule has 0 spiro atoms. The number of rotatable bonds is 2. The molecule has 0 fully saturated rings. The van der Waals surface area contributed by atoms with Crippen LogP contribution in [0.3, 0.4) is 0 Å². The van der Waals surface area contributed by atoms with E-state index in [2.05, 4.69) is 0 Å². The van der Waals surface area contributed by atoms with Gasteiger partial charge in [-0.1, -0.05) is 18.2 Å². The molecule has 72 valence electrons. The van der Waals surface area contributed by atoms with E-state index >= 15 is 0 Å². The van der Waals surface area contributed by atoms with Gasteiger partial charge in [-0.15, -0.1) is 5.98 Å². The molecule has 0 N–H and O–H groups in total. The number of nitriles is 1. The fourth-order valence-electron chi connectivity index (χ4n) is 0.889. The van der Waals surface area contributed by atoms with Gasteiger partial charge in [0.2, 0.25) is 0 Å². The van der Waals surface area contributed by atoms with E-state index < -0.39 is 6.98 Å². The first-order valence-electron chi connectivity index (χ1n) is 3.90. The summed E-state index contributed by atoms with van der Waals surface area (Å²) in [5.41, 5.74) is 0.864. The van der Waals surface area contributed by atoms with E-state index in [-0.39, 0.29) is 5.98 Å². The third-order valence-electron chi connectivity index (χ3n) is 1.55. The molecule has 0 aromatic heterocycles. The summed E-state index contributed by atoms with van der Waals surface area (Å²) in [4.78, 5) is 0. The van der Waals surface area contributed by atoms with Crippen LogP contribution < -0.4 is 0 Å².